The number of carbonyl (C=O) groups excluding carboxylic acids is 1. The number of ether oxygens (including phenoxy) is 1. The highest BCUT2D eigenvalue weighted by Crippen LogP contribution is 2.22. The van der Waals surface area contributed by atoms with Crippen LogP contribution in [0.4, 0.5) is 5.69 Å². The lowest BCUT2D eigenvalue weighted by atomic mass is 10.3. The van der Waals surface area contributed by atoms with Crippen LogP contribution in [0, 0.1) is 6.92 Å². The van der Waals surface area contributed by atoms with Gasteiger partial charge in [-0.1, -0.05) is 18.2 Å². The summed E-state index contributed by atoms with van der Waals surface area (Å²) in [7, 11) is 3.43. The molecule has 0 spiro atoms. The predicted molar refractivity (Wildman–Crippen MR) is 113 cm³/mol. The van der Waals surface area contributed by atoms with E-state index in [1.165, 1.54) is 0 Å². The van der Waals surface area contributed by atoms with E-state index in [9.17, 15) is 9.59 Å². The van der Waals surface area contributed by atoms with Crippen LogP contribution in [0.5, 0.6) is 5.75 Å². The van der Waals surface area contributed by atoms with Crippen LogP contribution in [0.2, 0.25) is 0 Å². The SMILES string of the molecule is COc1ccc(SCCC(=O)Nc2c(C)n(C)n(-c3ccccc3)c2=O)cc1. The fourth-order valence-corrected chi connectivity index (χ4v) is 3.70. The van der Waals surface area contributed by atoms with Gasteiger partial charge in [0.25, 0.3) is 5.56 Å². The molecule has 1 aromatic heterocycles. The molecule has 1 heterocycles. The van der Waals surface area contributed by atoms with Gasteiger partial charge in [-0.3, -0.25) is 14.3 Å². The van der Waals surface area contributed by atoms with Gasteiger partial charge in [0.2, 0.25) is 5.91 Å². The van der Waals surface area contributed by atoms with Gasteiger partial charge in [-0.2, -0.15) is 0 Å². The summed E-state index contributed by atoms with van der Waals surface area (Å²) in [5.41, 5.74) is 1.56. The molecule has 7 heteroatoms. The van der Waals surface area contributed by atoms with Crippen molar-refractivity contribution in [3.05, 3.63) is 70.6 Å². The highest BCUT2D eigenvalue weighted by molar-refractivity contribution is 7.99. The van der Waals surface area contributed by atoms with Gasteiger partial charge in [0.05, 0.1) is 18.5 Å². The molecule has 0 bridgehead atoms. The third kappa shape index (κ3) is 4.31. The van der Waals surface area contributed by atoms with Gasteiger partial charge in [0.15, 0.2) is 0 Å². The minimum Gasteiger partial charge on any atom is -0.497 e. The van der Waals surface area contributed by atoms with Crippen molar-refractivity contribution in [3.8, 4) is 11.4 Å². The Morgan fingerprint density at radius 3 is 2.43 bits per heavy atom. The smallest absolute Gasteiger partial charge is 0.295 e. The Kier molecular flexibility index (Phi) is 6.26. The summed E-state index contributed by atoms with van der Waals surface area (Å²) in [6.07, 6.45) is 0.315. The van der Waals surface area contributed by atoms with E-state index < -0.39 is 0 Å². The second kappa shape index (κ2) is 8.84. The Balaban J connectivity index is 1.65. The number of aromatic nitrogens is 2. The number of anilines is 1. The van der Waals surface area contributed by atoms with Crippen LogP contribution in [0.15, 0.2) is 64.3 Å². The molecular weight excluding hydrogens is 374 g/mol. The first-order valence-corrected chi connectivity index (χ1v) is 9.90. The maximum absolute atomic E-state index is 12.8. The molecule has 1 N–H and O–H groups in total. The molecule has 0 atom stereocenters. The van der Waals surface area contributed by atoms with Crippen LogP contribution in [0.3, 0.4) is 0 Å². The van der Waals surface area contributed by atoms with Gasteiger partial charge in [-0.25, -0.2) is 4.68 Å². The molecule has 146 valence electrons. The molecule has 0 aliphatic heterocycles. The summed E-state index contributed by atoms with van der Waals surface area (Å²) in [6, 6.07) is 17.1. The molecule has 0 fully saturated rings. The van der Waals surface area contributed by atoms with E-state index in [0.717, 1.165) is 16.3 Å². The van der Waals surface area contributed by atoms with Crippen LogP contribution >= 0.6 is 11.8 Å². The minimum atomic E-state index is -0.234. The normalized spacial score (nSPS) is 10.7. The average Bonchev–Trinajstić information content (AvgIpc) is 2.92. The van der Waals surface area contributed by atoms with Gasteiger partial charge in [0, 0.05) is 24.1 Å². The predicted octanol–water partition coefficient (Wildman–Crippen LogP) is 3.61. The minimum absolute atomic E-state index is 0.174. The molecule has 0 saturated carbocycles. The van der Waals surface area contributed by atoms with Crippen LogP contribution in [-0.4, -0.2) is 28.1 Å². The molecule has 1 amide bonds. The molecule has 0 unspecified atom stereocenters. The Morgan fingerprint density at radius 1 is 1.11 bits per heavy atom. The highest BCUT2D eigenvalue weighted by Gasteiger charge is 2.17. The Bertz CT molecular complexity index is 1010. The summed E-state index contributed by atoms with van der Waals surface area (Å²) in [5.74, 6) is 1.25. The maximum atomic E-state index is 12.8. The number of benzene rings is 2. The van der Waals surface area contributed by atoms with Gasteiger partial charge in [-0.15, -0.1) is 11.8 Å². The van der Waals surface area contributed by atoms with E-state index in [4.69, 9.17) is 4.74 Å². The van der Waals surface area contributed by atoms with Crippen LogP contribution < -0.4 is 15.6 Å². The Morgan fingerprint density at radius 2 is 1.79 bits per heavy atom. The number of nitrogens with one attached hydrogen (secondary N) is 1. The van der Waals surface area contributed by atoms with E-state index >= 15 is 0 Å². The highest BCUT2D eigenvalue weighted by atomic mass is 32.2. The number of hydrogen-bond donors (Lipinski definition) is 1. The molecule has 0 aliphatic carbocycles. The quantitative estimate of drug-likeness (QED) is 0.619. The summed E-state index contributed by atoms with van der Waals surface area (Å²) >= 11 is 1.59. The first kappa shape index (κ1) is 19.8. The summed E-state index contributed by atoms with van der Waals surface area (Å²) < 4.78 is 8.44. The summed E-state index contributed by atoms with van der Waals surface area (Å²) in [5, 5.41) is 2.79. The third-order valence-electron chi connectivity index (χ3n) is 4.48. The number of thioether (sulfide) groups is 1. The van der Waals surface area contributed by atoms with E-state index in [1.54, 1.807) is 35.3 Å². The van der Waals surface area contributed by atoms with Crippen molar-refractivity contribution >= 4 is 23.4 Å². The molecule has 3 aromatic rings. The van der Waals surface area contributed by atoms with E-state index in [2.05, 4.69) is 5.32 Å². The first-order chi connectivity index (χ1) is 13.5. The lowest BCUT2D eigenvalue weighted by Gasteiger charge is -2.07. The van der Waals surface area contributed by atoms with Crippen LogP contribution in [0.25, 0.3) is 5.69 Å². The number of nitrogens with zero attached hydrogens (tertiary/aromatic N) is 2. The van der Waals surface area contributed by atoms with E-state index in [1.807, 2.05) is 61.5 Å². The average molecular weight is 398 g/mol. The third-order valence-corrected chi connectivity index (χ3v) is 5.49. The van der Waals surface area contributed by atoms with Crippen LogP contribution in [0.1, 0.15) is 12.1 Å². The second-order valence-electron chi connectivity index (χ2n) is 6.26. The fraction of sp³-hybridized carbons (Fsp3) is 0.238. The maximum Gasteiger partial charge on any atom is 0.295 e. The molecule has 0 radical (unpaired) electrons. The molecule has 6 nitrogen and oxygen atoms in total. The Hall–Kier alpha value is -2.93. The van der Waals surface area contributed by atoms with Crippen molar-refractivity contribution in [3.63, 3.8) is 0 Å². The number of rotatable bonds is 7. The van der Waals surface area contributed by atoms with Gasteiger partial charge < -0.3 is 10.1 Å². The fourth-order valence-electron chi connectivity index (χ4n) is 2.85. The van der Waals surface area contributed by atoms with Crippen molar-refractivity contribution in [2.24, 2.45) is 7.05 Å². The van der Waals surface area contributed by atoms with Crippen molar-refractivity contribution in [1.29, 1.82) is 0 Å². The van der Waals surface area contributed by atoms with E-state index in [-0.39, 0.29) is 11.5 Å². The molecular formula is C21H23N3O3S. The van der Waals surface area contributed by atoms with Gasteiger partial charge >= 0.3 is 0 Å². The van der Waals surface area contributed by atoms with Crippen molar-refractivity contribution < 1.29 is 9.53 Å². The van der Waals surface area contributed by atoms with Crippen molar-refractivity contribution in [1.82, 2.24) is 9.36 Å². The van der Waals surface area contributed by atoms with Gasteiger partial charge in [0.1, 0.15) is 11.4 Å². The van der Waals surface area contributed by atoms with Crippen molar-refractivity contribution in [2.75, 3.05) is 18.2 Å². The number of methoxy groups -OCH3 is 1. The molecule has 0 saturated heterocycles. The molecule has 0 aliphatic rings. The molecule has 28 heavy (non-hydrogen) atoms. The number of para-hydroxylation sites is 1. The number of amides is 1. The zero-order valence-electron chi connectivity index (χ0n) is 16.1. The summed E-state index contributed by atoms with van der Waals surface area (Å²) in [4.78, 5) is 26.2. The van der Waals surface area contributed by atoms with Gasteiger partial charge in [-0.05, 0) is 43.3 Å². The lowest BCUT2D eigenvalue weighted by molar-refractivity contribution is -0.115. The molecule has 3 rings (SSSR count). The largest absolute Gasteiger partial charge is 0.497 e. The van der Waals surface area contributed by atoms with Crippen molar-refractivity contribution in [2.45, 2.75) is 18.2 Å². The number of hydrogen-bond acceptors (Lipinski definition) is 4. The van der Waals surface area contributed by atoms with Crippen LogP contribution in [-0.2, 0) is 11.8 Å². The standard InChI is InChI=1S/C21H23N3O3S/c1-15-20(21(26)24(23(15)2)16-7-5-4-6-8-16)22-19(25)13-14-28-18-11-9-17(27-3)10-12-18/h4-12H,13-14H2,1-3H3,(H,22,25). The molecule has 2 aromatic carbocycles. The van der Waals surface area contributed by atoms with E-state index in [0.29, 0.717) is 23.6 Å². The zero-order chi connectivity index (χ0) is 20.1. The first-order valence-electron chi connectivity index (χ1n) is 8.92. The monoisotopic (exact) mass is 397 g/mol. The lowest BCUT2D eigenvalue weighted by Crippen LogP contribution is -2.23. The summed E-state index contributed by atoms with van der Waals surface area (Å²) in [6.45, 7) is 1.82. The Labute approximate surface area is 168 Å². The topological polar surface area (TPSA) is 65.3 Å². The zero-order valence-corrected chi connectivity index (χ0v) is 17.0. The second-order valence-corrected chi connectivity index (χ2v) is 7.43. The number of carbonyl (C=O) groups is 1.